The van der Waals surface area contributed by atoms with Crippen LogP contribution in [0, 0.1) is 5.92 Å². The third-order valence-electron chi connectivity index (χ3n) is 4.05. The van der Waals surface area contributed by atoms with E-state index in [1.165, 1.54) is 0 Å². The average molecular weight is 333 g/mol. The van der Waals surface area contributed by atoms with E-state index in [-0.39, 0.29) is 30.6 Å². The van der Waals surface area contributed by atoms with Gasteiger partial charge in [-0.25, -0.2) is 4.79 Å². The van der Waals surface area contributed by atoms with E-state index in [0.717, 1.165) is 24.9 Å². The summed E-state index contributed by atoms with van der Waals surface area (Å²) < 4.78 is 5.20. The molecular formula is C18H27N3O3. The SMILES string of the molecule is CC(C)C(=O)NCCNC1CC(NC(=O)OCc2ccccc2)C1. The highest BCUT2D eigenvalue weighted by atomic mass is 16.5. The lowest BCUT2D eigenvalue weighted by Crippen LogP contribution is -2.53. The van der Waals surface area contributed by atoms with Crippen molar-refractivity contribution in [2.75, 3.05) is 13.1 Å². The smallest absolute Gasteiger partial charge is 0.407 e. The van der Waals surface area contributed by atoms with E-state index in [2.05, 4.69) is 16.0 Å². The molecular weight excluding hydrogens is 306 g/mol. The lowest BCUT2D eigenvalue weighted by Gasteiger charge is -2.36. The molecule has 6 heteroatoms. The summed E-state index contributed by atoms with van der Waals surface area (Å²) in [7, 11) is 0. The quantitative estimate of drug-likeness (QED) is 0.634. The van der Waals surface area contributed by atoms with Crippen LogP contribution in [0.5, 0.6) is 0 Å². The van der Waals surface area contributed by atoms with Crippen LogP contribution in [0.4, 0.5) is 4.79 Å². The largest absolute Gasteiger partial charge is 0.445 e. The molecule has 0 spiro atoms. The van der Waals surface area contributed by atoms with Crippen LogP contribution in [-0.2, 0) is 16.1 Å². The normalized spacial score (nSPS) is 19.5. The van der Waals surface area contributed by atoms with Crippen molar-refractivity contribution < 1.29 is 14.3 Å². The number of carbonyl (C=O) groups excluding carboxylic acids is 2. The molecule has 0 bridgehead atoms. The first kappa shape index (κ1) is 18.3. The fraction of sp³-hybridized carbons (Fsp3) is 0.556. The van der Waals surface area contributed by atoms with Gasteiger partial charge in [0, 0.05) is 31.1 Å². The highest BCUT2D eigenvalue weighted by molar-refractivity contribution is 5.77. The fourth-order valence-electron chi connectivity index (χ4n) is 2.50. The predicted octanol–water partition coefficient (Wildman–Crippen LogP) is 1.81. The maximum Gasteiger partial charge on any atom is 0.407 e. The Kier molecular flexibility index (Phi) is 7.06. The minimum Gasteiger partial charge on any atom is -0.445 e. The molecule has 1 aromatic carbocycles. The summed E-state index contributed by atoms with van der Waals surface area (Å²) >= 11 is 0. The zero-order chi connectivity index (χ0) is 17.4. The summed E-state index contributed by atoms with van der Waals surface area (Å²) in [5.41, 5.74) is 0.976. The van der Waals surface area contributed by atoms with E-state index in [1.807, 2.05) is 44.2 Å². The average Bonchev–Trinajstić information content (AvgIpc) is 2.54. The lowest BCUT2D eigenvalue weighted by molar-refractivity contribution is -0.123. The number of nitrogens with one attached hydrogen (secondary N) is 3. The number of rotatable bonds is 8. The highest BCUT2D eigenvalue weighted by Crippen LogP contribution is 2.19. The van der Waals surface area contributed by atoms with E-state index >= 15 is 0 Å². The maximum atomic E-state index is 11.7. The van der Waals surface area contributed by atoms with Crippen LogP contribution in [0.25, 0.3) is 0 Å². The fourth-order valence-corrected chi connectivity index (χ4v) is 2.50. The second kappa shape index (κ2) is 9.27. The molecule has 24 heavy (non-hydrogen) atoms. The molecule has 6 nitrogen and oxygen atoms in total. The van der Waals surface area contributed by atoms with E-state index in [4.69, 9.17) is 4.74 Å². The Morgan fingerprint density at radius 3 is 2.50 bits per heavy atom. The van der Waals surface area contributed by atoms with Gasteiger partial charge in [-0.3, -0.25) is 4.79 Å². The Bertz CT molecular complexity index is 528. The monoisotopic (exact) mass is 333 g/mol. The number of ether oxygens (including phenoxy) is 1. The van der Waals surface area contributed by atoms with Crippen LogP contribution >= 0.6 is 0 Å². The van der Waals surface area contributed by atoms with E-state index in [0.29, 0.717) is 12.6 Å². The first-order chi connectivity index (χ1) is 11.5. The van der Waals surface area contributed by atoms with E-state index in [9.17, 15) is 9.59 Å². The second-order valence-corrected chi connectivity index (χ2v) is 6.47. The molecule has 2 rings (SSSR count). The predicted molar refractivity (Wildman–Crippen MR) is 92.4 cm³/mol. The molecule has 1 saturated carbocycles. The van der Waals surface area contributed by atoms with Crippen LogP contribution in [0.2, 0.25) is 0 Å². The van der Waals surface area contributed by atoms with Crippen LogP contribution in [-0.4, -0.2) is 37.2 Å². The summed E-state index contributed by atoms with van der Waals surface area (Å²) in [5, 5.41) is 9.11. The molecule has 132 valence electrons. The standard InChI is InChI=1S/C18H27N3O3/c1-13(2)17(22)20-9-8-19-15-10-16(11-15)21-18(23)24-12-14-6-4-3-5-7-14/h3-7,13,15-16,19H,8-12H2,1-2H3,(H,20,22)(H,21,23). The number of hydrogen-bond donors (Lipinski definition) is 3. The minimum absolute atomic E-state index is 0.0178. The van der Waals surface area contributed by atoms with Gasteiger partial charge in [0.1, 0.15) is 6.61 Å². The van der Waals surface area contributed by atoms with Crippen molar-refractivity contribution in [3.05, 3.63) is 35.9 Å². The van der Waals surface area contributed by atoms with E-state index < -0.39 is 0 Å². The van der Waals surface area contributed by atoms with Crippen molar-refractivity contribution >= 4 is 12.0 Å². The number of carbonyl (C=O) groups is 2. The lowest BCUT2D eigenvalue weighted by atomic mass is 9.87. The molecule has 0 aromatic heterocycles. The van der Waals surface area contributed by atoms with E-state index in [1.54, 1.807) is 0 Å². The van der Waals surface area contributed by atoms with Gasteiger partial charge >= 0.3 is 6.09 Å². The van der Waals surface area contributed by atoms with Crippen molar-refractivity contribution in [2.45, 2.75) is 45.4 Å². The molecule has 2 amide bonds. The first-order valence-corrected chi connectivity index (χ1v) is 8.53. The Morgan fingerprint density at radius 1 is 1.12 bits per heavy atom. The molecule has 1 aromatic rings. The molecule has 0 atom stereocenters. The topological polar surface area (TPSA) is 79.5 Å². The van der Waals surface area contributed by atoms with Crippen molar-refractivity contribution in [3.63, 3.8) is 0 Å². The number of alkyl carbamates (subject to hydrolysis) is 1. The zero-order valence-corrected chi connectivity index (χ0v) is 14.4. The highest BCUT2D eigenvalue weighted by Gasteiger charge is 2.30. The summed E-state index contributed by atoms with van der Waals surface area (Å²) in [5.74, 6) is 0.0929. The van der Waals surface area contributed by atoms with Gasteiger partial charge in [0.25, 0.3) is 0 Å². The van der Waals surface area contributed by atoms with Crippen LogP contribution in [0.15, 0.2) is 30.3 Å². The molecule has 0 saturated heterocycles. The maximum absolute atomic E-state index is 11.7. The third kappa shape index (κ3) is 6.20. The van der Waals surface area contributed by atoms with Crippen LogP contribution < -0.4 is 16.0 Å². The second-order valence-electron chi connectivity index (χ2n) is 6.47. The molecule has 3 N–H and O–H groups in total. The Morgan fingerprint density at radius 2 is 1.83 bits per heavy atom. The molecule has 0 aliphatic heterocycles. The van der Waals surface area contributed by atoms with Crippen molar-refractivity contribution in [1.82, 2.24) is 16.0 Å². The molecule has 0 unspecified atom stereocenters. The molecule has 1 aliphatic rings. The van der Waals surface area contributed by atoms with Gasteiger partial charge in [-0.15, -0.1) is 0 Å². The summed E-state index contributed by atoms with van der Waals surface area (Å²) in [6.45, 7) is 5.42. The van der Waals surface area contributed by atoms with Gasteiger partial charge in [0.2, 0.25) is 5.91 Å². The summed E-state index contributed by atoms with van der Waals surface area (Å²) in [6.07, 6.45) is 1.41. The Balaban J connectivity index is 1.50. The van der Waals surface area contributed by atoms with Gasteiger partial charge in [-0.2, -0.15) is 0 Å². The van der Waals surface area contributed by atoms with Crippen molar-refractivity contribution in [3.8, 4) is 0 Å². The number of benzene rings is 1. The summed E-state index contributed by atoms with van der Waals surface area (Å²) in [4.78, 5) is 23.1. The molecule has 1 fully saturated rings. The van der Waals surface area contributed by atoms with Crippen molar-refractivity contribution in [2.24, 2.45) is 5.92 Å². The zero-order valence-electron chi connectivity index (χ0n) is 14.4. The molecule has 0 radical (unpaired) electrons. The van der Waals surface area contributed by atoms with Gasteiger partial charge in [-0.05, 0) is 18.4 Å². The van der Waals surface area contributed by atoms with Gasteiger partial charge < -0.3 is 20.7 Å². The van der Waals surface area contributed by atoms with Gasteiger partial charge in [0.05, 0.1) is 0 Å². The minimum atomic E-state index is -0.369. The molecule has 1 aliphatic carbocycles. The Labute approximate surface area is 143 Å². The third-order valence-corrected chi connectivity index (χ3v) is 4.05. The summed E-state index contributed by atoms with van der Waals surface area (Å²) in [6, 6.07) is 10.2. The number of amides is 2. The van der Waals surface area contributed by atoms with Gasteiger partial charge in [-0.1, -0.05) is 44.2 Å². The van der Waals surface area contributed by atoms with Crippen LogP contribution in [0.1, 0.15) is 32.3 Å². The molecule has 0 heterocycles. The number of hydrogen-bond acceptors (Lipinski definition) is 4. The van der Waals surface area contributed by atoms with Gasteiger partial charge in [0.15, 0.2) is 0 Å². The van der Waals surface area contributed by atoms with Crippen LogP contribution in [0.3, 0.4) is 0 Å². The Hall–Kier alpha value is -2.08. The van der Waals surface area contributed by atoms with Crippen molar-refractivity contribution in [1.29, 1.82) is 0 Å². The first-order valence-electron chi connectivity index (χ1n) is 8.53.